The summed E-state index contributed by atoms with van der Waals surface area (Å²) in [5, 5.41) is 3.58. The van der Waals surface area contributed by atoms with E-state index in [4.69, 9.17) is 0 Å². The number of hydrogen-bond donors (Lipinski definition) is 0. The molecule has 0 aliphatic rings. The molecule has 0 unspecified atom stereocenters. The van der Waals surface area contributed by atoms with Crippen molar-refractivity contribution in [2.75, 3.05) is 0 Å². The highest BCUT2D eigenvalue weighted by atomic mass is 19.1. The lowest BCUT2D eigenvalue weighted by Gasteiger charge is -2.05. The molecule has 0 fully saturated rings. The molecule has 0 N–H and O–H groups in total. The maximum Gasteiger partial charge on any atom is 0.263 e. The molecule has 0 bridgehead atoms. The molecular weight excluding hydrogens is 147 g/mol. The summed E-state index contributed by atoms with van der Waals surface area (Å²) in [5.74, 6) is 0.597. The third kappa shape index (κ3) is 1.76. The van der Waals surface area contributed by atoms with Crippen LogP contribution in [-0.2, 0) is 12.1 Å². The Kier molecular flexibility index (Phi) is 1.93. The van der Waals surface area contributed by atoms with Gasteiger partial charge in [-0.05, 0) is 13.8 Å². The maximum absolute atomic E-state index is 13.1. The second kappa shape index (κ2) is 2.60. The van der Waals surface area contributed by atoms with Crippen LogP contribution in [0.1, 0.15) is 32.5 Å². The minimum atomic E-state index is -1.53. The largest absolute Gasteiger partial charge is 0.336 e. The van der Waals surface area contributed by atoms with Crippen LogP contribution < -0.4 is 0 Å². The molecule has 1 aromatic rings. The van der Waals surface area contributed by atoms with E-state index < -0.39 is 5.67 Å². The van der Waals surface area contributed by atoms with Crippen LogP contribution in [0.25, 0.3) is 0 Å². The average molecular weight is 158 g/mol. The first kappa shape index (κ1) is 8.17. The highest BCUT2D eigenvalue weighted by molar-refractivity contribution is 4.94. The minimum absolute atomic E-state index is 0.0503. The van der Waals surface area contributed by atoms with Gasteiger partial charge in [0.1, 0.15) is 0 Å². The van der Waals surface area contributed by atoms with Crippen LogP contribution >= 0.6 is 0 Å². The van der Waals surface area contributed by atoms with Crippen molar-refractivity contribution in [3.05, 3.63) is 11.7 Å². The Morgan fingerprint density at radius 3 is 2.45 bits per heavy atom. The van der Waals surface area contributed by atoms with Crippen molar-refractivity contribution in [1.29, 1.82) is 0 Å². The quantitative estimate of drug-likeness (QED) is 0.659. The molecule has 1 aromatic heterocycles. The molecule has 1 heterocycles. The van der Waals surface area contributed by atoms with E-state index in [0.717, 1.165) is 0 Å². The van der Waals surface area contributed by atoms with Gasteiger partial charge in [0.05, 0.1) is 0 Å². The van der Waals surface area contributed by atoms with Crippen molar-refractivity contribution < 1.29 is 8.91 Å². The number of aromatic nitrogens is 2. The summed E-state index contributed by atoms with van der Waals surface area (Å²) < 4.78 is 17.8. The van der Waals surface area contributed by atoms with Gasteiger partial charge in [-0.25, -0.2) is 4.39 Å². The summed E-state index contributed by atoms with van der Waals surface area (Å²) in [6.45, 7) is 4.67. The van der Waals surface area contributed by atoms with Crippen LogP contribution in [-0.4, -0.2) is 10.1 Å². The van der Waals surface area contributed by atoms with Crippen molar-refractivity contribution in [2.24, 2.45) is 0 Å². The molecule has 0 saturated heterocycles. The van der Waals surface area contributed by atoms with Crippen molar-refractivity contribution in [1.82, 2.24) is 10.1 Å². The summed E-state index contributed by atoms with van der Waals surface area (Å²) in [7, 11) is 0. The lowest BCUT2D eigenvalue weighted by atomic mass is 10.2. The molecule has 0 aliphatic heterocycles. The first-order valence-electron chi connectivity index (χ1n) is 3.56. The molecule has 3 nitrogen and oxygen atoms in total. The lowest BCUT2D eigenvalue weighted by molar-refractivity contribution is 0.155. The monoisotopic (exact) mass is 158 g/mol. The molecule has 11 heavy (non-hydrogen) atoms. The first-order valence-corrected chi connectivity index (χ1v) is 3.56. The van der Waals surface area contributed by atoms with E-state index in [2.05, 4.69) is 14.7 Å². The Morgan fingerprint density at radius 1 is 1.55 bits per heavy atom. The van der Waals surface area contributed by atoms with Gasteiger partial charge in [-0.2, -0.15) is 4.98 Å². The summed E-state index contributed by atoms with van der Waals surface area (Å²) in [5.41, 5.74) is -1.53. The molecule has 0 radical (unpaired) electrons. The van der Waals surface area contributed by atoms with Crippen molar-refractivity contribution in [3.8, 4) is 0 Å². The van der Waals surface area contributed by atoms with E-state index in [0.29, 0.717) is 12.2 Å². The van der Waals surface area contributed by atoms with E-state index >= 15 is 0 Å². The van der Waals surface area contributed by atoms with Crippen LogP contribution in [0, 0.1) is 0 Å². The summed E-state index contributed by atoms with van der Waals surface area (Å²) in [6, 6.07) is 0. The Morgan fingerprint density at radius 2 is 2.18 bits per heavy atom. The van der Waals surface area contributed by atoms with Crippen LogP contribution in [0.5, 0.6) is 0 Å². The molecule has 0 saturated carbocycles. The van der Waals surface area contributed by atoms with E-state index in [1.54, 1.807) is 0 Å². The summed E-state index contributed by atoms with van der Waals surface area (Å²) in [6.07, 6.45) is 0.666. The SMILES string of the molecule is CCc1noc(C(C)(C)F)n1. The normalized spacial score (nSPS) is 12.0. The van der Waals surface area contributed by atoms with Crippen LogP contribution in [0.2, 0.25) is 0 Å². The molecule has 0 amide bonds. The van der Waals surface area contributed by atoms with Crippen LogP contribution in [0.3, 0.4) is 0 Å². The van der Waals surface area contributed by atoms with Crippen LogP contribution in [0.4, 0.5) is 4.39 Å². The van der Waals surface area contributed by atoms with E-state index in [9.17, 15) is 4.39 Å². The third-order valence-corrected chi connectivity index (χ3v) is 1.29. The number of rotatable bonds is 2. The number of aryl methyl sites for hydroxylation is 1. The molecule has 1 rings (SSSR count). The highest BCUT2D eigenvalue weighted by Crippen LogP contribution is 2.21. The van der Waals surface area contributed by atoms with Gasteiger partial charge in [0.25, 0.3) is 5.89 Å². The zero-order valence-electron chi connectivity index (χ0n) is 6.89. The van der Waals surface area contributed by atoms with Crippen molar-refractivity contribution >= 4 is 0 Å². The molecule has 0 aromatic carbocycles. The first-order chi connectivity index (χ1) is 5.04. The molecule has 0 aliphatic carbocycles. The predicted octanol–water partition coefficient (Wildman–Crippen LogP) is 1.84. The predicted molar refractivity (Wildman–Crippen MR) is 37.8 cm³/mol. The second-order valence-corrected chi connectivity index (χ2v) is 2.84. The Bertz CT molecular complexity index is 239. The topological polar surface area (TPSA) is 38.9 Å². The second-order valence-electron chi connectivity index (χ2n) is 2.84. The fraction of sp³-hybridized carbons (Fsp3) is 0.714. The lowest BCUT2D eigenvalue weighted by Crippen LogP contribution is -2.09. The Hall–Kier alpha value is -0.930. The highest BCUT2D eigenvalue weighted by Gasteiger charge is 2.26. The molecule has 4 heteroatoms. The van der Waals surface area contributed by atoms with Gasteiger partial charge < -0.3 is 4.52 Å². The van der Waals surface area contributed by atoms with Gasteiger partial charge in [0.15, 0.2) is 11.5 Å². The van der Waals surface area contributed by atoms with Gasteiger partial charge in [0.2, 0.25) is 0 Å². The number of alkyl halides is 1. The number of hydrogen-bond acceptors (Lipinski definition) is 3. The van der Waals surface area contributed by atoms with E-state index in [1.807, 2.05) is 6.92 Å². The maximum atomic E-state index is 13.1. The van der Waals surface area contributed by atoms with Gasteiger partial charge in [-0.3, -0.25) is 0 Å². The van der Waals surface area contributed by atoms with Gasteiger partial charge in [-0.15, -0.1) is 0 Å². The van der Waals surface area contributed by atoms with Gasteiger partial charge in [0, 0.05) is 6.42 Å². The average Bonchev–Trinajstić information content (AvgIpc) is 2.32. The Balaban J connectivity index is 2.89. The van der Waals surface area contributed by atoms with Gasteiger partial charge >= 0.3 is 0 Å². The zero-order valence-corrected chi connectivity index (χ0v) is 6.89. The Labute approximate surface area is 64.6 Å². The molecule has 0 atom stereocenters. The van der Waals surface area contributed by atoms with Crippen molar-refractivity contribution in [3.63, 3.8) is 0 Å². The van der Waals surface area contributed by atoms with Gasteiger partial charge in [-0.1, -0.05) is 12.1 Å². The fourth-order valence-corrected chi connectivity index (χ4v) is 0.639. The number of halogens is 1. The zero-order chi connectivity index (χ0) is 8.48. The molecule has 0 spiro atoms. The van der Waals surface area contributed by atoms with E-state index in [-0.39, 0.29) is 5.89 Å². The standard InChI is InChI=1S/C7H11FN2O/c1-4-5-9-6(11-10-5)7(2,3)8/h4H2,1-3H3. The third-order valence-electron chi connectivity index (χ3n) is 1.29. The molecular formula is C7H11FN2O. The van der Waals surface area contributed by atoms with Crippen molar-refractivity contribution in [2.45, 2.75) is 32.9 Å². The summed E-state index contributed by atoms with van der Waals surface area (Å²) in [4.78, 5) is 3.85. The van der Waals surface area contributed by atoms with E-state index in [1.165, 1.54) is 13.8 Å². The smallest absolute Gasteiger partial charge is 0.263 e. The minimum Gasteiger partial charge on any atom is -0.336 e. The summed E-state index contributed by atoms with van der Waals surface area (Å²) >= 11 is 0. The van der Waals surface area contributed by atoms with Crippen LogP contribution in [0.15, 0.2) is 4.52 Å². The fourth-order valence-electron chi connectivity index (χ4n) is 0.639. The molecule has 62 valence electrons. The number of nitrogens with zero attached hydrogens (tertiary/aromatic N) is 2.